The number of amides is 4. The lowest BCUT2D eigenvalue weighted by atomic mass is 9.91. The third-order valence-electron chi connectivity index (χ3n) is 5.14. The summed E-state index contributed by atoms with van der Waals surface area (Å²) in [7, 11) is 0. The largest absolute Gasteiger partial charge is 0.344 e. The topological polar surface area (TPSA) is 78.5 Å². The minimum atomic E-state index is -0.974. The number of carbonyl (C=O) groups is 3. The molecule has 2 aliphatic rings. The molecule has 26 heavy (non-hydrogen) atoms. The molecule has 1 aromatic heterocycles. The van der Waals surface area contributed by atoms with Crippen molar-refractivity contribution in [3.8, 4) is 10.4 Å². The number of thiophene rings is 1. The van der Waals surface area contributed by atoms with Gasteiger partial charge >= 0.3 is 6.03 Å². The molecule has 2 N–H and O–H groups in total. The van der Waals surface area contributed by atoms with Crippen LogP contribution < -0.4 is 10.7 Å². The van der Waals surface area contributed by atoms with Gasteiger partial charge in [0.15, 0.2) is 0 Å². The molecule has 0 bridgehead atoms. The first-order valence-electron chi connectivity index (χ1n) is 8.61. The van der Waals surface area contributed by atoms with Crippen LogP contribution in [0.25, 0.3) is 10.4 Å². The van der Waals surface area contributed by atoms with Crippen molar-refractivity contribution in [3.63, 3.8) is 0 Å². The molecule has 2 aromatic rings. The zero-order chi connectivity index (χ0) is 18.5. The fourth-order valence-electron chi connectivity index (χ4n) is 3.37. The number of nitrogens with zero attached hydrogens (tertiary/aromatic N) is 1. The molecule has 1 fully saturated rings. The second kappa shape index (κ2) is 5.95. The van der Waals surface area contributed by atoms with Gasteiger partial charge in [-0.25, -0.2) is 4.79 Å². The Hall–Kier alpha value is -2.67. The molecule has 1 aromatic carbocycles. The van der Waals surface area contributed by atoms with Gasteiger partial charge in [-0.2, -0.15) is 5.01 Å². The Morgan fingerprint density at radius 2 is 2.00 bits per heavy atom. The van der Waals surface area contributed by atoms with Gasteiger partial charge in [-0.1, -0.05) is 31.2 Å². The van der Waals surface area contributed by atoms with Crippen LogP contribution in [0.2, 0.25) is 0 Å². The maximum atomic E-state index is 12.6. The van der Waals surface area contributed by atoms with E-state index in [1.165, 1.54) is 16.9 Å². The quantitative estimate of drug-likeness (QED) is 0.817. The van der Waals surface area contributed by atoms with Crippen molar-refractivity contribution in [1.82, 2.24) is 15.8 Å². The monoisotopic (exact) mass is 369 g/mol. The molecule has 1 atom stereocenters. The maximum absolute atomic E-state index is 12.6. The van der Waals surface area contributed by atoms with E-state index < -0.39 is 23.4 Å². The van der Waals surface area contributed by atoms with E-state index in [1.807, 2.05) is 25.1 Å². The van der Waals surface area contributed by atoms with Gasteiger partial charge < -0.3 is 5.32 Å². The highest BCUT2D eigenvalue weighted by atomic mass is 32.1. The van der Waals surface area contributed by atoms with E-state index in [0.717, 1.165) is 33.9 Å². The van der Waals surface area contributed by atoms with Crippen LogP contribution in [0, 0.1) is 0 Å². The Morgan fingerprint density at radius 3 is 2.73 bits per heavy atom. The molecular formula is C19H19N3O3S. The molecular weight excluding hydrogens is 350 g/mol. The smallest absolute Gasteiger partial charge is 0.322 e. The Kier molecular flexibility index (Phi) is 3.84. The van der Waals surface area contributed by atoms with Gasteiger partial charge in [0.2, 0.25) is 0 Å². The van der Waals surface area contributed by atoms with Crippen LogP contribution in [0.4, 0.5) is 4.79 Å². The third kappa shape index (κ3) is 2.50. The normalized spacial score (nSPS) is 21.2. The van der Waals surface area contributed by atoms with Crippen LogP contribution in [-0.4, -0.2) is 28.4 Å². The summed E-state index contributed by atoms with van der Waals surface area (Å²) in [6.07, 6.45) is 2.28. The summed E-state index contributed by atoms with van der Waals surface area (Å²) in [6, 6.07) is 9.45. The minimum absolute atomic E-state index is 0.439. The molecule has 4 amide bonds. The van der Waals surface area contributed by atoms with Crippen LogP contribution in [0.15, 0.2) is 30.3 Å². The summed E-state index contributed by atoms with van der Waals surface area (Å²) >= 11 is 1.40. The van der Waals surface area contributed by atoms with Gasteiger partial charge in [-0.3, -0.25) is 15.0 Å². The fraction of sp³-hybridized carbons (Fsp3) is 0.316. The van der Waals surface area contributed by atoms with Gasteiger partial charge in [-0.15, -0.1) is 11.3 Å². The van der Waals surface area contributed by atoms with Gasteiger partial charge in [0.25, 0.3) is 11.8 Å². The van der Waals surface area contributed by atoms with Crippen LogP contribution in [0.5, 0.6) is 0 Å². The highest BCUT2D eigenvalue weighted by Gasteiger charge is 2.47. The number of benzene rings is 1. The first-order valence-corrected chi connectivity index (χ1v) is 9.43. The number of urea groups is 1. The number of fused-ring (bicyclic) bond motifs is 3. The SMILES string of the molecule is CCC1(C)NC(=O)N(NC(=O)c2cc3c(s2)-c2ccccc2CC3)C1=O. The van der Waals surface area contributed by atoms with E-state index in [4.69, 9.17) is 0 Å². The van der Waals surface area contributed by atoms with Crippen molar-refractivity contribution in [3.05, 3.63) is 46.3 Å². The number of hydrogen-bond acceptors (Lipinski definition) is 4. The summed E-state index contributed by atoms with van der Waals surface area (Å²) in [6.45, 7) is 3.47. The number of hydrogen-bond donors (Lipinski definition) is 2. The number of hydrazine groups is 1. The molecule has 7 heteroatoms. The molecule has 4 rings (SSSR count). The molecule has 1 aliphatic heterocycles. The number of carbonyl (C=O) groups excluding carboxylic acids is 3. The number of imide groups is 1. The minimum Gasteiger partial charge on any atom is -0.322 e. The van der Waals surface area contributed by atoms with E-state index in [2.05, 4.69) is 22.9 Å². The standard InChI is InChI=1S/C19H19N3O3S/c1-3-19(2)17(24)22(18(25)20-19)21-16(23)14-10-12-9-8-11-6-4-5-7-13(11)15(12)26-14/h4-7,10H,3,8-9H2,1-2H3,(H,20,25)(H,21,23). The Balaban J connectivity index is 1.59. The molecule has 134 valence electrons. The van der Waals surface area contributed by atoms with Crippen molar-refractivity contribution in [2.24, 2.45) is 0 Å². The lowest BCUT2D eigenvalue weighted by Gasteiger charge is -2.19. The third-order valence-corrected chi connectivity index (χ3v) is 6.35. The van der Waals surface area contributed by atoms with E-state index in [-0.39, 0.29) is 0 Å². The summed E-state index contributed by atoms with van der Waals surface area (Å²) < 4.78 is 0. The second-order valence-electron chi connectivity index (χ2n) is 6.82. The van der Waals surface area contributed by atoms with Crippen LogP contribution in [0.3, 0.4) is 0 Å². The van der Waals surface area contributed by atoms with Gasteiger partial charge in [0.05, 0.1) is 4.88 Å². The average molecular weight is 369 g/mol. The molecule has 1 unspecified atom stereocenters. The van der Waals surface area contributed by atoms with E-state index >= 15 is 0 Å². The summed E-state index contributed by atoms with van der Waals surface area (Å²) in [5, 5.41) is 3.41. The van der Waals surface area contributed by atoms with E-state index in [1.54, 1.807) is 6.92 Å². The molecule has 1 aliphatic carbocycles. The molecule has 1 saturated heterocycles. The first-order chi connectivity index (χ1) is 12.4. The molecule has 0 spiro atoms. The van der Waals surface area contributed by atoms with Crippen LogP contribution >= 0.6 is 11.3 Å². The van der Waals surface area contributed by atoms with Crippen LogP contribution in [0.1, 0.15) is 41.1 Å². The number of rotatable bonds is 3. The Labute approximate surface area is 155 Å². The Morgan fingerprint density at radius 1 is 1.27 bits per heavy atom. The van der Waals surface area contributed by atoms with Gasteiger partial charge in [-0.05, 0) is 48.9 Å². The number of aryl methyl sites for hydroxylation is 2. The lowest BCUT2D eigenvalue weighted by Crippen LogP contribution is -2.48. The highest BCUT2D eigenvalue weighted by Crippen LogP contribution is 2.39. The van der Waals surface area contributed by atoms with Crippen LogP contribution in [-0.2, 0) is 17.6 Å². The summed E-state index contributed by atoms with van der Waals surface area (Å²) in [4.78, 5) is 38.7. The summed E-state index contributed by atoms with van der Waals surface area (Å²) in [5.74, 6) is -0.879. The van der Waals surface area contributed by atoms with Crippen molar-refractivity contribution in [1.29, 1.82) is 0 Å². The maximum Gasteiger partial charge on any atom is 0.344 e. The molecule has 0 radical (unpaired) electrons. The predicted molar refractivity (Wildman–Crippen MR) is 98.7 cm³/mol. The number of nitrogens with one attached hydrogen (secondary N) is 2. The van der Waals surface area contributed by atoms with Crippen molar-refractivity contribution in [2.75, 3.05) is 0 Å². The highest BCUT2D eigenvalue weighted by molar-refractivity contribution is 7.17. The summed E-state index contributed by atoms with van der Waals surface area (Å²) in [5.41, 5.74) is 5.06. The molecule has 6 nitrogen and oxygen atoms in total. The van der Waals surface area contributed by atoms with E-state index in [9.17, 15) is 14.4 Å². The Bertz CT molecular complexity index is 936. The first kappa shape index (κ1) is 16.8. The zero-order valence-corrected chi connectivity index (χ0v) is 15.4. The molecule has 2 heterocycles. The fourth-order valence-corrected chi connectivity index (χ4v) is 4.53. The van der Waals surface area contributed by atoms with Crippen molar-refractivity contribution >= 4 is 29.2 Å². The predicted octanol–water partition coefficient (Wildman–Crippen LogP) is 2.88. The van der Waals surface area contributed by atoms with Crippen molar-refractivity contribution in [2.45, 2.75) is 38.6 Å². The average Bonchev–Trinajstić information content (AvgIpc) is 3.17. The van der Waals surface area contributed by atoms with Gasteiger partial charge in [0.1, 0.15) is 5.54 Å². The zero-order valence-electron chi connectivity index (χ0n) is 14.6. The van der Waals surface area contributed by atoms with E-state index in [0.29, 0.717) is 11.3 Å². The lowest BCUT2D eigenvalue weighted by molar-refractivity contribution is -0.132. The molecule has 0 saturated carbocycles. The van der Waals surface area contributed by atoms with Gasteiger partial charge in [0, 0.05) is 4.88 Å². The van der Waals surface area contributed by atoms with Crippen molar-refractivity contribution < 1.29 is 14.4 Å². The second-order valence-corrected chi connectivity index (χ2v) is 7.87.